The normalized spacial score (nSPS) is 26.5. The molecule has 2 atom stereocenters. The number of rotatable bonds is 4. The van der Waals surface area contributed by atoms with Gasteiger partial charge in [0, 0.05) is 60.2 Å². The summed E-state index contributed by atoms with van der Waals surface area (Å²) in [6.45, 7) is 16.2. The molecule has 42 heavy (non-hydrogen) atoms. The first-order chi connectivity index (χ1) is 19.4. The van der Waals surface area contributed by atoms with Crippen molar-refractivity contribution in [1.82, 2.24) is 9.97 Å². The number of hydrogen-bond donors (Lipinski definition) is 1. The molecule has 1 saturated carbocycles. The van der Waals surface area contributed by atoms with Crippen molar-refractivity contribution in [2.45, 2.75) is 121 Å². The molecule has 1 saturated heterocycles. The van der Waals surface area contributed by atoms with Crippen molar-refractivity contribution >= 4 is 8.32 Å². The zero-order chi connectivity index (χ0) is 30.5. The Bertz CT molecular complexity index is 1380. The van der Waals surface area contributed by atoms with Crippen LogP contribution in [-0.2, 0) is 37.9 Å². The molecule has 2 spiro atoms. The third-order valence-electron chi connectivity index (χ3n) is 10.5. The Morgan fingerprint density at radius 2 is 1.71 bits per heavy atom. The van der Waals surface area contributed by atoms with Crippen LogP contribution in [-0.4, -0.2) is 36.6 Å². The number of ether oxygens (including phenoxy) is 2. The molecule has 2 aliphatic heterocycles. The Morgan fingerprint density at radius 3 is 2.24 bits per heavy atom. The van der Waals surface area contributed by atoms with Gasteiger partial charge in [-0.25, -0.2) is 0 Å². The number of pyridine rings is 2. The maximum absolute atomic E-state index is 13.4. The van der Waals surface area contributed by atoms with Crippen LogP contribution in [0.1, 0.15) is 118 Å². The molecule has 2 aromatic rings. The third-order valence-corrected chi connectivity index (χ3v) is 14.9. The standard InChI is InChI=1S/C32H43F3N2O4Si/c1-19(2)27-26-25(24-21(37-27)16-29(10-11-29)17-22(24)40-42(6,7)28(3,4)5)30(12-14-39-15-13-30)41-31(26,38)20-8-9-23(36-18-20)32(33,34)35/h8-9,18-19,22,38H,10-17H2,1-7H3. The smallest absolute Gasteiger partial charge is 0.410 e. The number of fused-ring (bicyclic) bond motifs is 4. The Kier molecular flexibility index (Phi) is 6.88. The minimum absolute atomic E-state index is 0.00466. The molecule has 4 aliphatic rings. The van der Waals surface area contributed by atoms with Gasteiger partial charge in [0.25, 0.3) is 0 Å². The molecule has 2 aliphatic carbocycles. The van der Waals surface area contributed by atoms with E-state index in [-0.39, 0.29) is 28.0 Å². The number of nitrogens with zero attached hydrogens (tertiary/aromatic N) is 2. The highest BCUT2D eigenvalue weighted by Crippen LogP contribution is 2.64. The maximum atomic E-state index is 13.4. The Balaban J connectivity index is 1.61. The number of hydrogen-bond acceptors (Lipinski definition) is 6. The zero-order valence-electron chi connectivity index (χ0n) is 25.7. The molecule has 0 bridgehead atoms. The van der Waals surface area contributed by atoms with Crippen LogP contribution in [0.4, 0.5) is 13.2 Å². The largest absolute Gasteiger partial charge is 0.433 e. The Hall–Kier alpha value is -1.85. The van der Waals surface area contributed by atoms with E-state index in [1.807, 2.05) is 13.8 Å². The zero-order valence-corrected chi connectivity index (χ0v) is 26.7. The Labute approximate surface area is 247 Å². The van der Waals surface area contributed by atoms with Crippen LogP contribution in [0.15, 0.2) is 18.3 Å². The highest BCUT2D eigenvalue weighted by Gasteiger charge is 2.61. The van der Waals surface area contributed by atoms with Crippen LogP contribution < -0.4 is 0 Å². The molecule has 6 nitrogen and oxygen atoms in total. The average Bonchev–Trinajstić information content (AvgIpc) is 3.58. The molecular weight excluding hydrogens is 561 g/mol. The van der Waals surface area contributed by atoms with E-state index >= 15 is 0 Å². The molecule has 0 amide bonds. The maximum Gasteiger partial charge on any atom is 0.433 e. The summed E-state index contributed by atoms with van der Waals surface area (Å²) in [6, 6.07) is 2.19. The predicted molar refractivity (Wildman–Crippen MR) is 154 cm³/mol. The molecule has 2 fully saturated rings. The average molecular weight is 605 g/mol. The van der Waals surface area contributed by atoms with E-state index in [1.165, 1.54) is 6.07 Å². The number of halogens is 3. The van der Waals surface area contributed by atoms with Gasteiger partial charge in [-0.15, -0.1) is 0 Å². The van der Waals surface area contributed by atoms with Gasteiger partial charge in [-0.3, -0.25) is 9.97 Å². The van der Waals surface area contributed by atoms with Gasteiger partial charge in [0.05, 0.1) is 11.8 Å². The first kappa shape index (κ1) is 30.2. The van der Waals surface area contributed by atoms with Gasteiger partial charge in [0.1, 0.15) is 11.3 Å². The van der Waals surface area contributed by atoms with Crippen LogP contribution in [0.25, 0.3) is 0 Å². The van der Waals surface area contributed by atoms with Gasteiger partial charge in [0.2, 0.25) is 5.79 Å². The Morgan fingerprint density at radius 1 is 1.05 bits per heavy atom. The molecule has 230 valence electrons. The minimum atomic E-state index is -4.59. The SMILES string of the molecule is CC(C)c1nc2c(c3c1C(O)(c1ccc(C(F)(F)F)nc1)OC31CCOCC1)C(O[Si](C)(C)C(C)(C)C)CC1(CC1)C2. The van der Waals surface area contributed by atoms with Crippen molar-refractivity contribution in [1.29, 1.82) is 0 Å². The minimum Gasteiger partial charge on any atom is -0.410 e. The van der Waals surface area contributed by atoms with Crippen molar-refractivity contribution in [2.75, 3.05) is 13.2 Å². The van der Waals surface area contributed by atoms with Crippen LogP contribution in [0.5, 0.6) is 0 Å². The van der Waals surface area contributed by atoms with E-state index in [0.717, 1.165) is 60.5 Å². The summed E-state index contributed by atoms with van der Waals surface area (Å²) < 4.78 is 60.0. The summed E-state index contributed by atoms with van der Waals surface area (Å²) in [4.78, 5) is 8.98. The molecule has 2 aromatic heterocycles. The monoisotopic (exact) mass is 604 g/mol. The van der Waals surface area contributed by atoms with E-state index in [4.69, 9.17) is 18.9 Å². The lowest BCUT2D eigenvalue weighted by atomic mass is 9.73. The summed E-state index contributed by atoms with van der Waals surface area (Å²) >= 11 is 0. The molecule has 0 radical (unpaired) electrons. The highest BCUT2D eigenvalue weighted by atomic mass is 28.4. The van der Waals surface area contributed by atoms with Gasteiger partial charge < -0.3 is 19.0 Å². The summed E-state index contributed by atoms with van der Waals surface area (Å²) in [5.74, 6) is -2.07. The molecule has 10 heteroatoms. The summed E-state index contributed by atoms with van der Waals surface area (Å²) in [5, 5.41) is 12.6. The molecule has 1 N–H and O–H groups in total. The molecule has 4 heterocycles. The van der Waals surface area contributed by atoms with Gasteiger partial charge in [0.15, 0.2) is 8.32 Å². The van der Waals surface area contributed by atoms with E-state index in [2.05, 4.69) is 38.8 Å². The number of alkyl halides is 3. The quantitative estimate of drug-likeness (QED) is 0.362. The van der Waals surface area contributed by atoms with E-state index in [1.54, 1.807) is 0 Å². The van der Waals surface area contributed by atoms with E-state index in [0.29, 0.717) is 31.6 Å². The predicted octanol–water partition coefficient (Wildman–Crippen LogP) is 7.64. The fraction of sp³-hybridized carbons (Fsp3) is 0.688. The summed E-state index contributed by atoms with van der Waals surface area (Å²) in [7, 11) is -2.22. The second kappa shape index (κ2) is 9.57. The lowest BCUT2D eigenvalue weighted by Crippen LogP contribution is -2.44. The van der Waals surface area contributed by atoms with Crippen LogP contribution in [0.3, 0.4) is 0 Å². The topological polar surface area (TPSA) is 73.7 Å². The van der Waals surface area contributed by atoms with Crippen LogP contribution in [0.2, 0.25) is 18.1 Å². The fourth-order valence-electron chi connectivity index (χ4n) is 6.90. The summed E-state index contributed by atoms with van der Waals surface area (Å²) in [5.41, 5.74) is 2.69. The van der Waals surface area contributed by atoms with Crippen molar-refractivity contribution in [2.24, 2.45) is 5.41 Å². The van der Waals surface area contributed by atoms with Gasteiger partial charge in [-0.2, -0.15) is 13.2 Å². The second-order valence-corrected chi connectivity index (χ2v) is 19.5. The van der Waals surface area contributed by atoms with Crippen molar-refractivity contribution in [3.8, 4) is 0 Å². The van der Waals surface area contributed by atoms with E-state index in [9.17, 15) is 18.3 Å². The fourth-order valence-corrected chi connectivity index (χ4v) is 8.17. The second-order valence-electron chi connectivity index (χ2n) is 14.8. The molecule has 2 unspecified atom stereocenters. The lowest BCUT2D eigenvalue weighted by molar-refractivity contribution is -0.251. The molecule has 6 rings (SSSR count). The number of aliphatic hydroxyl groups is 1. The first-order valence-electron chi connectivity index (χ1n) is 15.2. The number of aromatic nitrogens is 2. The third kappa shape index (κ3) is 4.76. The molecular formula is C32H43F3N2O4Si. The van der Waals surface area contributed by atoms with Gasteiger partial charge in [-0.05, 0) is 67.3 Å². The highest BCUT2D eigenvalue weighted by molar-refractivity contribution is 6.74. The van der Waals surface area contributed by atoms with Crippen molar-refractivity contribution < 1.29 is 32.2 Å². The molecule has 0 aromatic carbocycles. The first-order valence-corrected chi connectivity index (χ1v) is 18.1. The lowest BCUT2D eigenvalue weighted by Gasteiger charge is -2.44. The summed E-state index contributed by atoms with van der Waals surface area (Å²) in [6.07, 6.45) is 1.40. The van der Waals surface area contributed by atoms with Crippen LogP contribution in [0, 0.1) is 5.41 Å². The van der Waals surface area contributed by atoms with E-state index < -0.39 is 31.6 Å². The van der Waals surface area contributed by atoms with Gasteiger partial charge in [-0.1, -0.05) is 34.6 Å². The van der Waals surface area contributed by atoms with Crippen molar-refractivity contribution in [3.63, 3.8) is 0 Å². The van der Waals surface area contributed by atoms with Crippen LogP contribution >= 0.6 is 0 Å². The van der Waals surface area contributed by atoms with Gasteiger partial charge >= 0.3 is 6.18 Å². The van der Waals surface area contributed by atoms with Crippen molar-refractivity contribution in [3.05, 3.63) is 57.7 Å².